The third kappa shape index (κ3) is 4.64. The van der Waals surface area contributed by atoms with Gasteiger partial charge in [-0.25, -0.2) is 0 Å². The summed E-state index contributed by atoms with van der Waals surface area (Å²) in [5.74, 6) is 0. The summed E-state index contributed by atoms with van der Waals surface area (Å²) in [5.41, 5.74) is -1.26. The summed E-state index contributed by atoms with van der Waals surface area (Å²) in [4.78, 5) is 0. The standard InChI is InChI=1S/C16H25N9O4/c26-7-1-4-23-10-13(17-20-23)16(29,14-11-24(21-18-14)5-2-8-27)15-12-25(22-19-15)6-3-9-28/h10-12,26-29H,1-9H2. The average molecular weight is 407 g/mol. The van der Waals surface area contributed by atoms with Crippen molar-refractivity contribution < 1.29 is 20.4 Å². The number of aryl methyl sites for hydroxylation is 3. The summed E-state index contributed by atoms with van der Waals surface area (Å²) in [6.07, 6.45) is 6.18. The first-order chi connectivity index (χ1) is 14.1. The fourth-order valence-electron chi connectivity index (χ4n) is 2.81. The number of nitrogens with zero attached hydrogens (tertiary/aromatic N) is 9. The molecule has 13 heteroatoms. The quantitative estimate of drug-likeness (QED) is 0.260. The van der Waals surface area contributed by atoms with Crippen LogP contribution in [-0.2, 0) is 25.2 Å². The Morgan fingerprint density at radius 2 is 0.931 bits per heavy atom. The van der Waals surface area contributed by atoms with E-state index in [0.717, 1.165) is 0 Å². The Balaban J connectivity index is 1.97. The highest BCUT2D eigenvalue weighted by Gasteiger charge is 2.42. The first kappa shape index (κ1) is 21.0. The molecule has 0 saturated carbocycles. The Labute approximate surface area is 166 Å². The lowest BCUT2D eigenvalue weighted by Crippen LogP contribution is -2.30. The van der Waals surface area contributed by atoms with Crippen molar-refractivity contribution in [2.45, 2.75) is 44.5 Å². The predicted molar refractivity (Wildman–Crippen MR) is 97.3 cm³/mol. The van der Waals surface area contributed by atoms with E-state index in [2.05, 4.69) is 30.9 Å². The molecule has 0 aromatic carbocycles. The minimum Gasteiger partial charge on any atom is -0.396 e. The van der Waals surface area contributed by atoms with Crippen molar-refractivity contribution in [2.75, 3.05) is 19.8 Å². The molecule has 0 amide bonds. The Morgan fingerprint density at radius 3 is 1.21 bits per heavy atom. The minimum atomic E-state index is -1.84. The molecule has 0 bridgehead atoms. The first-order valence-electron chi connectivity index (χ1n) is 9.38. The highest BCUT2D eigenvalue weighted by molar-refractivity contribution is 5.34. The van der Waals surface area contributed by atoms with Gasteiger partial charge in [0.2, 0.25) is 5.60 Å². The number of rotatable bonds is 12. The van der Waals surface area contributed by atoms with Crippen LogP contribution in [0.2, 0.25) is 0 Å². The highest BCUT2D eigenvalue weighted by atomic mass is 16.3. The normalized spacial score (nSPS) is 12.0. The second kappa shape index (κ2) is 9.65. The molecule has 0 unspecified atom stereocenters. The number of aliphatic hydroxyl groups excluding tert-OH is 3. The van der Waals surface area contributed by atoms with E-state index < -0.39 is 5.60 Å². The van der Waals surface area contributed by atoms with E-state index in [4.69, 9.17) is 15.3 Å². The van der Waals surface area contributed by atoms with Crippen LogP contribution in [0.4, 0.5) is 0 Å². The van der Waals surface area contributed by atoms with E-state index in [0.29, 0.717) is 38.9 Å². The summed E-state index contributed by atoms with van der Waals surface area (Å²) >= 11 is 0. The summed E-state index contributed by atoms with van der Waals surface area (Å²) in [6, 6.07) is 0. The molecule has 158 valence electrons. The molecule has 0 atom stereocenters. The van der Waals surface area contributed by atoms with Gasteiger partial charge in [0.1, 0.15) is 17.1 Å². The van der Waals surface area contributed by atoms with Crippen molar-refractivity contribution in [3.05, 3.63) is 35.7 Å². The maximum atomic E-state index is 11.6. The third-order valence-electron chi connectivity index (χ3n) is 4.36. The van der Waals surface area contributed by atoms with Gasteiger partial charge < -0.3 is 20.4 Å². The Bertz CT molecular complexity index is 778. The van der Waals surface area contributed by atoms with Gasteiger partial charge >= 0.3 is 0 Å². The molecule has 0 aliphatic rings. The second-order valence-corrected chi connectivity index (χ2v) is 6.54. The summed E-state index contributed by atoms with van der Waals surface area (Å²) in [6.45, 7) is 1.34. The van der Waals surface area contributed by atoms with Crippen LogP contribution in [0.15, 0.2) is 18.6 Å². The van der Waals surface area contributed by atoms with Gasteiger partial charge in [0.25, 0.3) is 0 Å². The molecule has 3 rings (SSSR count). The van der Waals surface area contributed by atoms with Crippen LogP contribution < -0.4 is 0 Å². The molecule has 3 aromatic heterocycles. The Kier molecular flexibility index (Phi) is 6.98. The van der Waals surface area contributed by atoms with Crippen LogP contribution in [0.5, 0.6) is 0 Å². The molecule has 0 spiro atoms. The van der Waals surface area contributed by atoms with Gasteiger partial charge in [-0.15, -0.1) is 15.3 Å². The van der Waals surface area contributed by atoms with E-state index in [1.54, 1.807) is 18.6 Å². The number of hydrogen-bond donors (Lipinski definition) is 4. The van der Waals surface area contributed by atoms with E-state index in [1.165, 1.54) is 14.0 Å². The van der Waals surface area contributed by atoms with Crippen LogP contribution >= 0.6 is 0 Å². The Morgan fingerprint density at radius 1 is 0.621 bits per heavy atom. The molecule has 29 heavy (non-hydrogen) atoms. The number of aliphatic hydroxyl groups is 4. The molecule has 4 N–H and O–H groups in total. The van der Waals surface area contributed by atoms with Crippen LogP contribution in [0.25, 0.3) is 0 Å². The Hall–Kier alpha value is -2.74. The zero-order valence-electron chi connectivity index (χ0n) is 15.9. The molecule has 0 saturated heterocycles. The largest absolute Gasteiger partial charge is 0.396 e. The van der Waals surface area contributed by atoms with Gasteiger partial charge in [-0.05, 0) is 19.3 Å². The molecule has 3 heterocycles. The SMILES string of the molecule is OCCCn1cc(C(O)(c2cn(CCCO)nn2)c2cn(CCCO)nn2)nn1. The van der Waals surface area contributed by atoms with Crippen molar-refractivity contribution in [1.29, 1.82) is 0 Å². The number of hydrogen-bond acceptors (Lipinski definition) is 10. The van der Waals surface area contributed by atoms with Gasteiger partial charge in [-0.2, -0.15) is 0 Å². The fourth-order valence-corrected chi connectivity index (χ4v) is 2.81. The van der Waals surface area contributed by atoms with Crippen molar-refractivity contribution in [3.8, 4) is 0 Å². The molecule has 0 aliphatic heterocycles. The van der Waals surface area contributed by atoms with Crippen molar-refractivity contribution in [2.24, 2.45) is 0 Å². The minimum absolute atomic E-state index is 0.0117. The van der Waals surface area contributed by atoms with Gasteiger partial charge in [0.05, 0.1) is 18.6 Å². The molecule has 3 aromatic rings. The van der Waals surface area contributed by atoms with E-state index in [9.17, 15) is 5.11 Å². The van der Waals surface area contributed by atoms with E-state index in [-0.39, 0.29) is 36.9 Å². The smallest absolute Gasteiger partial charge is 0.201 e. The number of aromatic nitrogens is 9. The summed E-state index contributed by atoms with van der Waals surface area (Å²) in [7, 11) is 0. The highest BCUT2D eigenvalue weighted by Crippen LogP contribution is 2.32. The average Bonchev–Trinajstić information content (AvgIpc) is 3.49. The maximum Gasteiger partial charge on any atom is 0.201 e. The van der Waals surface area contributed by atoms with Gasteiger partial charge in [-0.3, -0.25) is 14.0 Å². The van der Waals surface area contributed by atoms with Crippen LogP contribution in [0.1, 0.15) is 36.3 Å². The maximum absolute atomic E-state index is 11.6. The topological polar surface area (TPSA) is 173 Å². The molecule has 0 aliphatic carbocycles. The van der Waals surface area contributed by atoms with E-state index >= 15 is 0 Å². The monoisotopic (exact) mass is 407 g/mol. The lowest BCUT2D eigenvalue weighted by molar-refractivity contribution is 0.110. The fraction of sp³-hybridized carbons (Fsp3) is 0.625. The molecular formula is C16H25N9O4. The van der Waals surface area contributed by atoms with Crippen molar-refractivity contribution in [1.82, 2.24) is 45.0 Å². The lowest BCUT2D eigenvalue weighted by Gasteiger charge is -2.20. The predicted octanol–water partition coefficient (Wildman–Crippen LogP) is -2.11. The van der Waals surface area contributed by atoms with Gasteiger partial charge in [-0.1, -0.05) is 15.6 Å². The molecule has 13 nitrogen and oxygen atoms in total. The van der Waals surface area contributed by atoms with Gasteiger partial charge in [0, 0.05) is 39.5 Å². The van der Waals surface area contributed by atoms with E-state index in [1.807, 2.05) is 0 Å². The zero-order valence-corrected chi connectivity index (χ0v) is 15.9. The van der Waals surface area contributed by atoms with Crippen molar-refractivity contribution >= 4 is 0 Å². The van der Waals surface area contributed by atoms with Crippen molar-refractivity contribution in [3.63, 3.8) is 0 Å². The molecule has 0 fully saturated rings. The lowest BCUT2D eigenvalue weighted by atomic mass is 9.93. The van der Waals surface area contributed by atoms with Gasteiger partial charge in [0.15, 0.2) is 0 Å². The van der Waals surface area contributed by atoms with Crippen LogP contribution in [0, 0.1) is 0 Å². The third-order valence-corrected chi connectivity index (χ3v) is 4.36. The zero-order chi connectivity index (χ0) is 20.7. The second-order valence-electron chi connectivity index (χ2n) is 6.54. The molecule has 0 radical (unpaired) electrons. The summed E-state index contributed by atoms with van der Waals surface area (Å²) < 4.78 is 4.55. The first-order valence-corrected chi connectivity index (χ1v) is 9.38. The molecular weight excluding hydrogens is 382 g/mol. The van der Waals surface area contributed by atoms with Crippen LogP contribution in [-0.4, -0.2) is 85.2 Å². The summed E-state index contributed by atoms with van der Waals surface area (Å²) in [5, 5.41) is 62.9. The van der Waals surface area contributed by atoms with Crippen LogP contribution in [0.3, 0.4) is 0 Å².